The largest absolute Gasteiger partial charge is 0.482 e. The zero-order chi connectivity index (χ0) is 20.7. The van der Waals surface area contributed by atoms with Gasteiger partial charge >= 0.3 is 5.97 Å². The van der Waals surface area contributed by atoms with Gasteiger partial charge in [-0.3, -0.25) is 9.59 Å². The molecule has 2 amide bonds. The van der Waals surface area contributed by atoms with Gasteiger partial charge in [0.05, 0.1) is 0 Å². The van der Waals surface area contributed by atoms with E-state index >= 15 is 0 Å². The van der Waals surface area contributed by atoms with Crippen molar-refractivity contribution >= 4 is 23.5 Å². The van der Waals surface area contributed by atoms with Crippen LogP contribution in [0.3, 0.4) is 0 Å². The lowest BCUT2D eigenvalue weighted by Gasteiger charge is -2.20. The predicted molar refractivity (Wildman–Crippen MR) is 106 cm³/mol. The number of ether oxygens (including phenoxy) is 1. The molecule has 0 bridgehead atoms. The van der Waals surface area contributed by atoms with Crippen molar-refractivity contribution in [3.05, 3.63) is 59.7 Å². The normalized spacial score (nSPS) is 10.2. The molecule has 0 radical (unpaired) electrons. The molecule has 0 atom stereocenters. The number of amides is 2. The molecule has 2 aromatic rings. The average molecular weight is 384 g/mol. The van der Waals surface area contributed by atoms with Crippen LogP contribution in [0.15, 0.2) is 48.5 Å². The van der Waals surface area contributed by atoms with Gasteiger partial charge in [0, 0.05) is 37.0 Å². The number of carboxylic acids is 1. The van der Waals surface area contributed by atoms with Gasteiger partial charge in [0.15, 0.2) is 6.61 Å². The third kappa shape index (κ3) is 5.09. The molecule has 0 unspecified atom stereocenters. The van der Waals surface area contributed by atoms with Gasteiger partial charge in [-0.05, 0) is 62.4 Å². The lowest BCUT2D eigenvalue weighted by molar-refractivity contribution is -0.139. The van der Waals surface area contributed by atoms with Crippen molar-refractivity contribution in [2.24, 2.45) is 0 Å². The lowest BCUT2D eigenvalue weighted by atomic mass is 10.1. The smallest absolute Gasteiger partial charge is 0.341 e. The molecule has 148 valence electrons. The van der Waals surface area contributed by atoms with Crippen LogP contribution in [0.5, 0.6) is 5.75 Å². The number of carbonyl (C=O) groups is 3. The summed E-state index contributed by atoms with van der Waals surface area (Å²) in [4.78, 5) is 38.8. The lowest BCUT2D eigenvalue weighted by Crippen LogP contribution is -2.30. The highest BCUT2D eigenvalue weighted by Crippen LogP contribution is 2.20. The molecule has 0 aliphatic carbocycles. The molecule has 7 nitrogen and oxygen atoms in total. The Balaban J connectivity index is 2.08. The molecule has 7 heteroatoms. The summed E-state index contributed by atoms with van der Waals surface area (Å²) in [6.45, 7) is 4.68. The van der Waals surface area contributed by atoms with E-state index in [4.69, 9.17) is 9.84 Å². The number of carbonyl (C=O) groups excluding carboxylic acids is 2. The van der Waals surface area contributed by atoms with Crippen molar-refractivity contribution in [3.63, 3.8) is 0 Å². The summed E-state index contributed by atoms with van der Waals surface area (Å²) in [5.41, 5.74) is 1.64. The van der Waals surface area contributed by atoms with Gasteiger partial charge < -0.3 is 19.6 Å². The summed E-state index contributed by atoms with van der Waals surface area (Å²) < 4.78 is 5.08. The first-order valence-corrected chi connectivity index (χ1v) is 8.99. The highest BCUT2D eigenvalue weighted by molar-refractivity contribution is 6.06. The number of nitrogens with zero attached hydrogens (tertiary/aromatic N) is 2. The minimum absolute atomic E-state index is 0.0608. The van der Waals surface area contributed by atoms with Crippen LogP contribution >= 0.6 is 0 Å². The van der Waals surface area contributed by atoms with Crippen LogP contribution in [0.1, 0.15) is 34.6 Å². The summed E-state index contributed by atoms with van der Waals surface area (Å²) in [5, 5.41) is 8.63. The molecule has 2 aromatic carbocycles. The van der Waals surface area contributed by atoms with Gasteiger partial charge in [0.1, 0.15) is 5.75 Å². The van der Waals surface area contributed by atoms with Crippen LogP contribution in [0.2, 0.25) is 0 Å². The first kappa shape index (κ1) is 21.0. The quantitative estimate of drug-likeness (QED) is 0.756. The molecule has 2 rings (SSSR count). The van der Waals surface area contributed by atoms with E-state index in [9.17, 15) is 14.4 Å². The summed E-state index contributed by atoms with van der Waals surface area (Å²) in [6.07, 6.45) is 0. The van der Waals surface area contributed by atoms with Crippen molar-refractivity contribution in [2.75, 3.05) is 31.6 Å². The molecule has 0 spiro atoms. The highest BCUT2D eigenvalue weighted by atomic mass is 16.5. The fraction of sp³-hybridized carbons (Fsp3) is 0.286. The molecule has 1 N–H and O–H groups in total. The van der Waals surface area contributed by atoms with Gasteiger partial charge in [-0.2, -0.15) is 0 Å². The Bertz CT molecular complexity index is 827. The first-order valence-electron chi connectivity index (χ1n) is 8.99. The van der Waals surface area contributed by atoms with Crippen LogP contribution in [-0.2, 0) is 4.79 Å². The van der Waals surface area contributed by atoms with Gasteiger partial charge in [0.2, 0.25) is 0 Å². The fourth-order valence-corrected chi connectivity index (χ4v) is 2.67. The second-order valence-electron chi connectivity index (χ2n) is 6.10. The maximum atomic E-state index is 12.7. The number of hydrogen-bond donors (Lipinski definition) is 1. The van der Waals surface area contributed by atoms with Crippen molar-refractivity contribution in [3.8, 4) is 5.75 Å². The molecule has 0 saturated carbocycles. The van der Waals surface area contributed by atoms with E-state index in [1.54, 1.807) is 60.5 Å². The fourth-order valence-electron chi connectivity index (χ4n) is 2.67. The number of aliphatic carboxylic acids is 1. The van der Waals surface area contributed by atoms with E-state index in [0.29, 0.717) is 35.7 Å². The van der Waals surface area contributed by atoms with E-state index in [0.717, 1.165) is 0 Å². The van der Waals surface area contributed by atoms with Gasteiger partial charge in [-0.25, -0.2) is 4.79 Å². The Morgan fingerprint density at radius 3 is 1.82 bits per heavy atom. The Labute approximate surface area is 164 Å². The van der Waals surface area contributed by atoms with Crippen LogP contribution in [-0.4, -0.2) is 54.5 Å². The molecular weight excluding hydrogens is 360 g/mol. The molecule has 0 heterocycles. The summed E-state index contributed by atoms with van der Waals surface area (Å²) in [5.74, 6) is -0.930. The summed E-state index contributed by atoms with van der Waals surface area (Å²) >= 11 is 0. The van der Waals surface area contributed by atoms with Crippen LogP contribution in [0.25, 0.3) is 0 Å². The molecule has 0 fully saturated rings. The summed E-state index contributed by atoms with van der Waals surface area (Å²) in [6, 6.07) is 13.2. The topological polar surface area (TPSA) is 87.2 Å². The zero-order valence-corrected chi connectivity index (χ0v) is 16.2. The molecule has 0 aliphatic heterocycles. The second-order valence-corrected chi connectivity index (χ2v) is 6.10. The Hall–Kier alpha value is -3.35. The van der Waals surface area contributed by atoms with Gasteiger partial charge in [0.25, 0.3) is 11.8 Å². The van der Waals surface area contributed by atoms with Gasteiger partial charge in [-0.1, -0.05) is 0 Å². The zero-order valence-electron chi connectivity index (χ0n) is 16.2. The van der Waals surface area contributed by atoms with Crippen molar-refractivity contribution < 1.29 is 24.2 Å². The summed E-state index contributed by atoms with van der Waals surface area (Å²) in [7, 11) is 1.64. The van der Waals surface area contributed by atoms with Crippen LogP contribution in [0.4, 0.5) is 5.69 Å². The third-order valence-corrected chi connectivity index (χ3v) is 4.32. The van der Waals surface area contributed by atoms with Crippen molar-refractivity contribution in [2.45, 2.75) is 13.8 Å². The average Bonchev–Trinajstić information content (AvgIpc) is 2.72. The van der Waals surface area contributed by atoms with Crippen molar-refractivity contribution in [1.29, 1.82) is 0 Å². The molecule has 0 saturated heterocycles. The maximum Gasteiger partial charge on any atom is 0.341 e. The molecule has 0 aromatic heterocycles. The van der Waals surface area contributed by atoms with E-state index in [1.807, 2.05) is 13.8 Å². The Kier molecular flexibility index (Phi) is 7.14. The third-order valence-electron chi connectivity index (χ3n) is 4.32. The van der Waals surface area contributed by atoms with Crippen LogP contribution in [0, 0.1) is 0 Å². The Morgan fingerprint density at radius 2 is 1.36 bits per heavy atom. The SMILES string of the molecule is CCN(CC)C(=O)c1ccc(C(=O)N(C)c2ccc(OCC(=O)O)cc2)cc1. The monoisotopic (exact) mass is 384 g/mol. The number of hydrogen-bond acceptors (Lipinski definition) is 4. The van der Waals surface area contributed by atoms with Gasteiger partial charge in [-0.15, -0.1) is 0 Å². The number of rotatable bonds is 8. The predicted octanol–water partition coefficient (Wildman–Crippen LogP) is 2.91. The minimum atomic E-state index is -1.06. The minimum Gasteiger partial charge on any atom is -0.482 e. The highest BCUT2D eigenvalue weighted by Gasteiger charge is 2.16. The van der Waals surface area contributed by atoms with E-state index in [1.165, 1.54) is 4.90 Å². The van der Waals surface area contributed by atoms with Crippen molar-refractivity contribution in [1.82, 2.24) is 4.90 Å². The molecular formula is C21H24N2O5. The van der Waals surface area contributed by atoms with E-state index in [2.05, 4.69) is 0 Å². The van der Waals surface area contributed by atoms with E-state index in [-0.39, 0.29) is 11.8 Å². The first-order chi connectivity index (χ1) is 13.4. The number of anilines is 1. The molecule has 28 heavy (non-hydrogen) atoms. The van der Waals surface area contributed by atoms with Crippen LogP contribution < -0.4 is 9.64 Å². The molecule has 0 aliphatic rings. The maximum absolute atomic E-state index is 12.7. The van der Waals surface area contributed by atoms with E-state index < -0.39 is 12.6 Å². The second kappa shape index (κ2) is 9.55. The number of benzene rings is 2. The number of carboxylic acid groups (broad SMARTS) is 1. The standard InChI is InChI=1S/C21H24N2O5/c1-4-23(5-2)21(27)16-8-6-15(7-9-16)20(26)22(3)17-10-12-18(13-11-17)28-14-19(24)25/h6-13H,4-5,14H2,1-3H3,(H,24,25). The Morgan fingerprint density at radius 1 is 0.857 bits per heavy atom.